The predicted octanol–water partition coefficient (Wildman–Crippen LogP) is 3.04. The first-order chi connectivity index (χ1) is 10.2. The minimum Gasteiger partial charge on any atom is -0.382 e. The molecule has 6 heteroatoms. The lowest BCUT2D eigenvalue weighted by atomic mass is 10.0. The maximum Gasteiger partial charge on any atom is 0.265 e. The number of hydrogen-bond acceptors (Lipinski definition) is 5. The SMILES string of the molecule is CCNc1nc(N)c(C(=O)NC(CC)c2ccccc2)s1. The van der Waals surface area contributed by atoms with Gasteiger partial charge in [0.2, 0.25) is 0 Å². The highest BCUT2D eigenvalue weighted by Gasteiger charge is 2.19. The van der Waals surface area contributed by atoms with Crippen LogP contribution in [0.4, 0.5) is 10.9 Å². The number of hydrogen-bond donors (Lipinski definition) is 3. The fraction of sp³-hybridized carbons (Fsp3) is 0.333. The lowest BCUT2D eigenvalue weighted by molar-refractivity contribution is 0.0940. The zero-order valence-electron chi connectivity index (χ0n) is 12.2. The van der Waals surface area contributed by atoms with Gasteiger partial charge >= 0.3 is 0 Å². The van der Waals surface area contributed by atoms with Crippen molar-refractivity contribution in [3.8, 4) is 0 Å². The number of nitrogen functional groups attached to an aromatic ring is 1. The molecular weight excluding hydrogens is 284 g/mol. The van der Waals surface area contributed by atoms with Crippen LogP contribution in [-0.4, -0.2) is 17.4 Å². The molecule has 2 aromatic rings. The topological polar surface area (TPSA) is 80.0 Å². The van der Waals surface area contributed by atoms with Gasteiger partial charge in [0.05, 0.1) is 6.04 Å². The molecule has 112 valence electrons. The molecule has 4 N–H and O–H groups in total. The van der Waals surface area contributed by atoms with Crippen LogP contribution < -0.4 is 16.4 Å². The van der Waals surface area contributed by atoms with E-state index < -0.39 is 0 Å². The zero-order valence-corrected chi connectivity index (χ0v) is 13.0. The smallest absolute Gasteiger partial charge is 0.265 e. The van der Waals surface area contributed by atoms with E-state index in [-0.39, 0.29) is 17.8 Å². The molecule has 1 atom stereocenters. The molecule has 0 saturated carbocycles. The third-order valence-corrected chi connectivity index (χ3v) is 4.13. The van der Waals surface area contributed by atoms with E-state index in [4.69, 9.17) is 5.73 Å². The average Bonchev–Trinajstić information content (AvgIpc) is 2.86. The summed E-state index contributed by atoms with van der Waals surface area (Å²) < 4.78 is 0. The van der Waals surface area contributed by atoms with Crippen LogP contribution in [0, 0.1) is 0 Å². The minimum absolute atomic E-state index is 0.0252. The Balaban J connectivity index is 2.13. The average molecular weight is 304 g/mol. The van der Waals surface area contributed by atoms with Crippen LogP contribution in [0.5, 0.6) is 0 Å². The monoisotopic (exact) mass is 304 g/mol. The van der Waals surface area contributed by atoms with E-state index in [0.29, 0.717) is 10.0 Å². The maximum atomic E-state index is 12.4. The van der Waals surface area contributed by atoms with Gasteiger partial charge in [0.25, 0.3) is 5.91 Å². The molecule has 0 saturated heterocycles. The number of benzene rings is 1. The second kappa shape index (κ2) is 7.08. The molecule has 0 bridgehead atoms. The molecule has 1 aromatic heterocycles. The molecule has 1 heterocycles. The molecule has 0 aliphatic heterocycles. The van der Waals surface area contributed by atoms with Crippen LogP contribution in [0.3, 0.4) is 0 Å². The highest BCUT2D eigenvalue weighted by molar-refractivity contribution is 7.18. The van der Waals surface area contributed by atoms with Crippen molar-refractivity contribution < 1.29 is 4.79 Å². The van der Waals surface area contributed by atoms with Gasteiger partial charge in [-0.15, -0.1) is 0 Å². The number of amides is 1. The van der Waals surface area contributed by atoms with Crippen LogP contribution >= 0.6 is 11.3 Å². The number of anilines is 2. The van der Waals surface area contributed by atoms with Gasteiger partial charge in [-0.1, -0.05) is 48.6 Å². The van der Waals surface area contributed by atoms with Crippen molar-refractivity contribution in [2.45, 2.75) is 26.3 Å². The molecule has 0 aliphatic carbocycles. The van der Waals surface area contributed by atoms with Gasteiger partial charge in [0.15, 0.2) is 5.13 Å². The van der Waals surface area contributed by atoms with Gasteiger partial charge in [-0.05, 0) is 18.9 Å². The fourth-order valence-corrected chi connectivity index (χ4v) is 2.91. The van der Waals surface area contributed by atoms with Gasteiger partial charge in [0, 0.05) is 6.54 Å². The van der Waals surface area contributed by atoms with Crippen LogP contribution in [0.15, 0.2) is 30.3 Å². The number of thiazole rings is 1. The number of rotatable bonds is 6. The van der Waals surface area contributed by atoms with Crippen molar-refractivity contribution in [2.24, 2.45) is 0 Å². The summed E-state index contributed by atoms with van der Waals surface area (Å²) in [5, 5.41) is 6.76. The van der Waals surface area contributed by atoms with Gasteiger partial charge in [-0.3, -0.25) is 4.79 Å². The van der Waals surface area contributed by atoms with Gasteiger partial charge in [0.1, 0.15) is 10.7 Å². The molecule has 0 radical (unpaired) electrons. The highest BCUT2D eigenvalue weighted by atomic mass is 32.1. The molecule has 0 aliphatic rings. The number of aromatic nitrogens is 1. The number of carbonyl (C=O) groups excluding carboxylic acids is 1. The first-order valence-corrected chi connectivity index (χ1v) is 7.83. The summed E-state index contributed by atoms with van der Waals surface area (Å²) in [5.41, 5.74) is 6.91. The Morgan fingerprint density at radius 1 is 1.33 bits per heavy atom. The number of nitrogens with one attached hydrogen (secondary N) is 2. The Hall–Kier alpha value is -2.08. The second-order valence-corrected chi connectivity index (χ2v) is 5.61. The summed E-state index contributed by atoms with van der Waals surface area (Å²) in [6.07, 6.45) is 0.814. The van der Waals surface area contributed by atoms with Crippen molar-refractivity contribution in [1.82, 2.24) is 10.3 Å². The molecule has 21 heavy (non-hydrogen) atoms. The van der Waals surface area contributed by atoms with Crippen molar-refractivity contribution in [3.05, 3.63) is 40.8 Å². The molecule has 1 unspecified atom stereocenters. The third-order valence-electron chi connectivity index (χ3n) is 3.10. The van der Waals surface area contributed by atoms with E-state index in [9.17, 15) is 4.79 Å². The summed E-state index contributed by atoms with van der Waals surface area (Å²) in [4.78, 5) is 17.0. The Bertz CT molecular complexity index is 597. The van der Waals surface area contributed by atoms with Crippen LogP contribution in [-0.2, 0) is 0 Å². The Morgan fingerprint density at radius 2 is 2.05 bits per heavy atom. The zero-order chi connectivity index (χ0) is 15.2. The number of nitrogens with two attached hydrogens (primary N) is 1. The van der Waals surface area contributed by atoms with Crippen molar-refractivity contribution in [1.29, 1.82) is 0 Å². The summed E-state index contributed by atoms with van der Waals surface area (Å²) >= 11 is 1.28. The maximum absolute atomic E-state index is 12.4. The van der Waals surface area contributed by atoms with E-state index in [1.54, 1.807) is 0 Å². The van der Waals surface area contributed by atoms with E-state index in [1.807, 2.05) is 44.2 Å². The van der Waals surface area contributed by atoms with Crippen molar-refractivity contribution in [2.75, 3.05) is 17.6 Å². The second-order valence-electron chi connectivity index (χ2n) is 4.61. The Morgan fingerprint density at radius 3 is 2.67 bits per heavy atom. The van der Waals surface area contributed by atoms with Crippen LogP contribution in [0.25, 0.3) is 0 Å². The van der Waals surface area contributed by atoms with Crippen molar-refractivity contribution >= 4 is 28.2 Å². The lowest BCUT2D eigenvalue weighted by Gasteiger charge is -2.16. The van der Waals surface area contributed by atoms with Crippen LogP contribution in [0.1, 0.15) is 41.5 Å². The highest BCUT2D eigenvalue weighted by Crippen LogP contribution is 2.26. The number of carbonyl (C=O) groups is 1. The first-order valence-electron chi connectivity index (χ1n) is 7.01. The lowest BCUT2D eigenvalue weighted by Crippen LogP contribution is -2.28. The fourth-order valence-electron chi connectivity index (χ4n) is 2.05. The van der Waals surface area contributed by atoms with E-state index in [1.165, 1.54) is 11.3 Å². The summed E-state index contributed by atoms with van der Waals surface area (Å²) in [7, 11) is 0. The molecule has 5 nitrogen and oxygen atoms in total. The summed E-state index contributed by atoms with van der Waals surface area (Å²) in [6, 6.07) is 9.89. The standard InChI is InChI=1S/C15H20N4OS/c1-3-11(10-8-6-5-7-9-10)18-14(20)12-13(16)19-15(21-12)17-4-2/h5-9,11H,3-4,16H2,1-2H3,(H,17,19)(H,18,20). The van der Waals surface area contributed by atoms with Gasteiger partial charge in [-0.25, -0.2) is 4.98 Å². The van der Waals surface area contributed by atoms with Crippen LogP contribution in [0.2, 0.25) is 0 Å². The van der Waals surface area contributed by atoms with Crippen molar-refractivity contribution in [3.63, 3.8) is 0 Å². The normalized spacial score (nSPS) is 11.9. The molecule has 1 amide bonds. The van der Waals surface area contributed by atoms with Gasteiger partial charge in [-0.2, -0.15) is 0 Å². The molecule has 0 fully saturated rings. The largest absolute Gasteiger partial charge is 0.382 e. The molecular formula is C15H20N4OS. The molecule has 2 rings (SSSR count). The third kappa shape index (κ3) is 3.72. The van der Waals surface area contributed by atoms with E-state index >= 15 is 0 Å². The summed E-state index contributed by atoms with van der Waals surface area (Å²) in [6.45, 7) is 4.76. The minimum atomic E-state index is -0.176. The Labute approximate surface area is 128 Å². The Kier molecular flexibility index (Phi) is 5.16. The quantitative estimate of drug-likeness (QED) is 0.766. The van der Waals surface area contributed by atoms with Gasteiger partial charge < -0.3 is 16.4 Å². The number of nitrogens with zero attached hydrogens (tertiary/aromatic N) is 1. The van der Waals surface area contributed by atoms with E-state index in [2.05, 4.69) is 15.6 Å². The first kappa shape index (κ1) is 15.3. The molecule has 1 aromatic carbocycles. The summed E-state index contributed by atoms with van der Waals surface area (Å²) in [5.74, 6) is 0.0984. The van der Waals surface area contributed by atoms with E-state index in [0.717, 1.165) is 18.5 Å². The predicted molar refractivity (Wildman–Crippen MR) is 87.6 cm³/mol. The molecule has 0 spiro atoms.